The van der Waals surface area contributed by atoms with Gasteiger partial charge in [0.25, 0.3) is 0 Å². The Morgan fingerprint density at radius 1 is 1.24 bits per heavy atom. The number of benzene rings is 1. The largest absolute Gasteiger partial charge is 0.305 e. The van der Waals surface area contributed by atoms with Crippen LogP contribution in [-0.4, -0.2) is 21.1 Å². The fraction of sp³-hybridized carbons (Fsp3) is 0.375. The van der Waals surface area contributed by atoms with E-state index >= 15 is 0 Å². The van der Waals surface area contributed by atoms with Gasteiger partial charge >= 0.3 is 0 Å². The van der Waals surface area contributed by atoms with E-state index in [1.54, 1.807) is 11.3 Å². The third-order valence-electron chi connectivity index (χ3n) is 4.26. The molecule has 0 radical (unpaired) electrons. The third-order valence-corrected chi connectivity index (χ3v) is 5.40. The molecular formula is C16H18N4S. The van der Waals surface area contributed by atoms with E-state index < -0.39 is 0 Å². The number of rotatable bonds is 1. The second-order valence-corrected chi connectivity index (χ2v) is 6.76. The van der Waals surface area contributed by atoms with Crippen molar-refractivity contribution in [2.24, 2.45) is 0 Å². The highest BCUT2D eigenvalue weighted by Gasteiger charge is 2.27. The maximum absolute atomic E-state index is 4.53. The van der Waals surface area contributed by atoms with Gasteiger partial charge in [0.2, 0.25) is 4.96 Å². The third kappa shape index (κ3) is 2.00. The molecule has 0 fully saturated rings. The van der Waals surface area contributed by atoms with E-state index in [2.05, 4.69) is 47.4 Å². The molecule has 3 aromatic rings. The molecule has 4 nitrogen and oxygen atoms in total. The molecule has 3 heterocycles. The summed E-state index contributed by atoms with van der Waals surface area (Å²) in [5, 5.41) is 8.18. The zero-order valence-corrected chi connectivity index (χ0v) is 13.3. The standard InChI is InChI=1S/C16H18N4S/c1-9-4-5-12(8-10(9)2)14-15-13(6-7-17-14)20-16(21-15)18-11(3)19-20/h4-5,8,14,17H,6-7H2,1-3H3. The van der Waals surface area contributed by atoms with Crippen LogP contribution in [-0.2, 0) is 6.42 Å². The predicted octanol–water partition coefficient (Wildman–Crippen LogP) is 2.95. The van der Waals surface area contributed by atoms with Crippen molar-refractivity contribution in [2.45, 2.75) is 33.2 Å². The van der Waals surface area contributed by atoms with Crippen LogP contribution >= 0.6 is 11.3 Å². The van der Waals surface area contributed by atoms with Crippen molar-refractivity contribution in [3.8, 4) is 0 Å². The van der Waals surface area contributed by atoms with Crippen molar-refractivity contribution in [3.05, 3.63) is 51.3 Å². The van der Waals surface area contributed by atoms with E-state index in [0.717, 1.165) is 23.8 Å². The molecule has 108 valence electrons. The average Bonchev–Trinajstić information content (AvgIpc) is 2.97. The first kappa shape index (κ1) is 13.0. The van der Waals surface area contributed by atoms with Gasteiger partial charge in [0.1, 0.15) is 5.82 Å². The van der Waals surface area contributed by atoms with Crippen LogP contribution in [0.1, 0.15) is 39.1 Å². The van der Waals surface area contributed by atoms with E-state index in [0.29, 0.717) is 0 Å². The van der Waals surface area contributed by atoms with Gasteiger partial charge in [-0.3, -0.25) is 0 Å². The molecule has 1 atom stereocenters. The Morgan fingerprint density at radius 2 is 2.10 bits per heavy atom. The fourth-order valence-electron chi connectivity index (χ4n) is 2.99. The molecule has 1 aliphatic heterocycles. The summed E-state index contributed by atoms with van der Waals surface area (Å²) in [5.74, 6) is 0.852. The number of aryl methyl sites for hydroxylation is 3. The number of nitrogens with zero attached hydrogens (tertiary/aromatic N) is 3. The Kier molecular flexibility index (Phi) is 2.87. The van der Waals surface area contributed by atoms with Crippen molar-refractivity contribution in [2.75, 3.05) is 6.54 Å². The van der Waals surface area contributed by atoms with Gasteiger partial charge in [-0.15, -0.1) is 0 Å². The second kappa shape index (κ2) is 4.64. The highest BCUT2D eigenvalue weighted by atomic mass is 32.1. The average molecular weight is 298 g/mol. The second-order valence-electron chi connectivity index (χ2n) is 5.75. The first-order valence-electron chi connectivity index (χ1n) is 7.29. The van der Waals surface area contributed by atoms with Gasteiger partial charge in [-0.2, -0.15) is 5.10 Å². The molecule has 1 N–H and O–H groups in total. The molecule has 1 unspecified atom stereocenters. The smallest absolute Gasteiger partial charge is 0.212 e. The molecule has 21 heavy (non-hydrogen) atoms. The fourth-order valence-corrected chi connectivity index (χ4v) is 4.25. The highest BCUT2D eigenvalue weighted by molar-refractivity contribution is 7.17. The molecule has 1 aromatic carbocycles. The van der Waals surface area contributed by atoms with Crippen molar-refractivity contribution < 1.29 is 0 Å². The summed E-state index contributed by atoms with van der Waals surface area (Å²) in [7, 11) is 0. The molecule has 0 aliphatic carbocycles. The van der Waals surface area contributed by atoms with E-state index in [4.69, 9.17) is 0 Å². The maximum Gasteiger partial charge on any atom is 0.212 e. The molecule has 4 rings (SSSR count). The molecule has 0 amide bonds. The van der Waals surface area contributed by atoms with Crippen LogP contribution in [0, 0.1) is 20.8 Å². The van der Waals surface area contributed by atoms with E-state index in [-0.39, 0.29) is 6.04 Å². The summed E-state index contributed by atoms with van der Waals surface area (Å²) in [5.41, 5.74) is 5.34. The lowest BCUT2D eigenvalue weighted by atomic mass is 9.97. The number of thiazole rings is 1. The van der Waals surface area contributed by atoms with Crippen LogP contribution in [0.3, 0.4) is 0 Å². The van der Waals surface area contributed by atoms with Crippen molar-refractivity contribution in [1.82, 2.24) is 19.9 Å². The summed E-state index contributed by atoms with van der Waals surface area (Å²) in [6.07, 6.45) is 1.01. The monoisotopic (exact) mass is 298 g/mol. The minimum Gasteiger partial charge on any atom is -0.305 e. The lowest BCUT2D eigenvalue weighted by Crippen LogP contribution is -2.30. The summed E-state index contributed by atoms with van der Waals surface area (Å²) >= 11 is 1.76. The SMILES string of the molecule is Cc1nc2sc3c(n2n1)CCNC3c1ccc(C)c(C)c1. The molecule has 5 heteroatoms. The number of hydrogen-bond donors (Lipinski definition) is 1. The van der Waals surface area contributed by atoms with Crippen LogP contribution in [0.15, 0.2) is 18.2 Å². The minimum atomic E-state index is 0.266. The Morgan fingerprint density at radius 3 is 2.90 bits per heavy atom. The maximum atomic E-state index is 4.53. The molecular weight excluding hydrogens is 280 g/mol. The Balaban J connectivity index is 1.85. The Labute approximate surface area is 127 Å². The summed E-state index contributed by atoms with van der Waals surface area (Å²) < 4.78 is 2.03. The van der Waals surface area contributed by atoms with Crippen LogP contribution in [0.5, 0.6) is 0 Å². The van der Waals surface area contributed by atoms with Gasteiger partial charge in [0.15, 0.2) is 0 Å². The number of fused-ring (bicyclic) bond motifs is 3. The van der Waals surface area contributed by atoms with Crippen LogP contribution in [0.4, 0.5) is 0 Å². The first-order valence-corrected chi connectivity index (χ1v) is 8.10. The van der Waals surface area contributed by atoms with Gasteiger partial charge in [0.05, 0.1) is 16.6 Å². The highest BCUT2D eigenvalue weighted by Crippen LogP contribution is 2.35. The van der Waals surface area contributed by atoms with Crippen molar-refractivity contribution in [1.29, 1.82) is 0 Å². The van der Waals surface area contributed by atoms with Gasteiger partial charge in [0, 0.05) is 13.0 Å². The van der Waals surface area contributed by atoms with Crippen molar-refractivity contribution >= 4 is 16.3 Å². The molecule has 0 saturated carbocycles. The predicted molar refractivity (Wildman–Crippen MR) is 85.1 cm³/mol. The summed E-state index contributed by atoms with van der Waals surface area (Å²) in [4.78, 5) is 6.89. The molecule has 1 aliphatic rings. The number of nitrogens with one attached hydrogen (secondary N) is 1. The van der Waals surface area contributed by atoms with Crippen LogP contribution < -0.4 is 5.32 Å². The summed E-state index contributed by atoms with van der Waals surface area (Å²) in [6, 6.07) is 7.00. The minimum absolute atomic E-state index is 0.266. The molecule has 0 bridgehead atoms. The number of hydrogen-bond acceptors (Lipinski definition) is 4. The number of aromatic nitrogens is 3. The van der Waals surface area contributed by atoms with E-state index in [1.165, 1.54) is 27.3 Å². The Bertz CT molecular complexity index is 830. The van der Waals surface area contributed by atoms with Crippen LogP contribution in [0.2, 0.25) is 0 Å². The quantitative estimate of drug-likeness (QED) is 0.751. The zero-order chi connectivity index (χ0) is 14.6. The van der Waals surface area contributed by atoms with Gasteiger partial charge < -0.3 is 5.32 Å². The normalized spacial score (nSPS) is 18.1. The topological polar surface area (TPSA) is 42.2 Å². The zero-order valence-electron chi connectivity index (χ0n) is 12.5. The Hall–Kier alpha value is -1.72. The van der Waals surface area contributed by atoms with Crippen molar-refractivity contribution in [3.63, 3.8) is 0 Å². The van der Waals surface area contributed by atoms with Gasteiger partial charge in [-0.25, -0.2) is 9.50 Å². The summed E-state index contributed by atoms with van der Waals surface area (Å²) in [6.45, 7) is 7.27. The van der Waals surface area contributed by atoms with E-state index in [9.17, 15) is 0 Å². The first-order chi connectivity index (χ1) is 10.1. The van der Waals surface area contributed by atoms with Gasteiger partial charge in [-0.1, -0.05) is 29.5 Å². The van der Waals surface area contributed by atoms with Crippen LogP contribution in [0.25, 0.3) is 4.96 Å². The molecule has 2 aromatic heterocycles. The lowest BCUT2D eigenvalue weighted by Gasteiger charge is -2.24. The lowest BCUT2D eigenvalue weighted by molar-refractivity contribution is 0.561. The van der Waals surface area contributed by atoms with Gasteiger partial charge in [-0.05, 0) is 37.5 Å². The molecule has 0 spiro atoms. The van der Waals surface area contributed by atoms with E-state index in [1.807, 2.05) is 11.4 Å². The molecule has 0 saturated heterocycles.